The average molecular weight is 287 g/mol. The van der Waals surface area contributed by atoms with Crippen molar-refractivity contribution in [3.8, 4) is 0 Å². The molecule has 0 N–H and O–H groups in total. The van der Waals surface area contributed by atoms with Gasteiger partial charge >= 0.3 is 5.97 Å². The third-order valence-electron chi connectivity index (χ3n) is 1.89. The number of rotatable bonds is 6. The standard InChI is InChI=1S/C8H15BrO4S/c1-3-13-7(10)8(2,4-5-9)6-14(11)12/h14H,3-6H2,1-2H3. The van der Waals surface area contributed by atoms with Crippen LogP contribution >= 0.6 is 15.9 Å². The van der Waals surface area contributed by atoms with E-state index in [1.807, 2.05) is 0 Å². The number of halogens is 1. The molecule has 4 nitrogen and oxygen atoms in total. The molecule has 6 heteroatoms. The summed E-state index contributed by atoms with van der Waals surface area (Å²) in [6.07, 6.45) is 0.454. The molecule has 0 aliphatic heterocycles. The molecule has 0 radical (unpaired) electrons. The zero-order valence-electron chi connectivity index (χ0n) is 8.29. The largest absolute Gasteiger partial charge is 0.466 e. The van der Waals surface area contributed by atoms with Crippen molar-refractivity contribution < 1.29 is 17.9 Å². The summed E-state index contributed by atoms with van der Waals surface area (Å²) in [5.41, 5.74) is -0.922. The van der Waals surface area contributed by atoms with Crippen LogP contribution in [0.25, 0.3) is 0 Å². The zero-order valence-corrected chi connectivity index (χ0v) is 10.8. The SMILES string of the molecule is CCOC(=O)C(C)(CCBr)C[SH](=O)=O. The molecule has 0 bridgehead atoms. The lowest BCUT2D eigenvalue weighted by molar-refractivity contribution is -0.153. The summed E-state index contributed by atoms with van der Waals surface area (Å²) in [4.78, 5) is 11.5. The van der Waals surface area contributed by atoms with Crippen molar-refractivity contribution in [2.45, 2.75) is 20.3 Å². The van der Waals surface area contributed by atoms with Crippen LogP contribution in [0, 0.1) is 5.41 Å². The first kappa shape index (κ1) is 13.9. The van der Waals surface area contributed by atoms with Gasteiger partial charge in [0.25, 0.3) is 0 Å². The summed E-state index contributed by atoms with van der Waals surface area (Å²) in [6.45, 7) is 3.58. The predicted octanol–water partition coefficient (Wildman–Crippen LogP) is 0.952. The molecule has 1 atom stereocenters. The van der Waals surface area contributed by atoms with Gasteiger partial charge in [0.2, 0.25) is 0 Å². The summed E-state index contributed by atoms with van der Waals surface area (Å²) in [5.74, 6) is -0.606. The molecule has 0 saturated carbocycles. The normalized spacial score (nSPS) is 15.1. The van der Waals surface area contributed by atoms with E-state index < -0.39 is 22.1 Å². The van der Waals surface area contributed by atoms with E-state index in [4.69, 9.17) is 4.74 Å². The Morgan fingerprint density at radius 3 is 2.43 bits per heavy atom. The van der Waals surface area contributed by atoms with Crippen molar-refractivity contribution in [3.63, 3.8) is 0 Å². The van der Waals surface area contributed by atoms with Crippen LogP contribution in [-0.2, 0) is 20.2 Å². The van der Waals surface area contributed by atoms with Gasteiger partial charge in [-0.05, 0) is 20.3 Å². The van der Waals surface area contributed by atoms with Gasteiger partial charge in [-0.25, -0.2) is 8.42 Å². The molecule has 0 rings (SSSR count). The van der Waals surface area contributed by atoms with E-state index in [0.717, 1.165) is 0 Å². The second-order valence-corrected chi connectivity index (χ2v) is 4.99. The topological polar surface area (TPSA) is 60.4 Å². The Kier molecular flexibility index (Phi) is 6.35. The van der Waals surface area contributed by atoms with Crippen LogP contribution in [0.1, 0.15) is 20.3 Å². The maximum Gasteiger partial charge on any atom is 0.312 e. The highest BCUT2D eigenvalue weighted by molar-refractivity contribution is 9.09. The minimum Gasteiger partial charge on any atom is -0.466 e. The van der Waals surface area contributed by atoms with Gasteiger partial charge in [0.15, 0.2) is 0 Å². The number of carbonyl (C=O) groups is 1. The van der Waals surface area contributed by atoms with Crippen molar-refractivity contribution in [2.24, 2.45) is 5.41 Å². The molecule has 0 aromatic heterocycles. The predicted molar refractivity (Wildman–Crippen MR) is 58.3 cm³/mol. The van der Waals surface area contributed by atoms with Crippen molar-refractivity contribution >= 4 is 32.6 Å². The van der Waals surface area contributed by atoms with Gasteiger partial charge in [-0.15, -0.1) is 0 Å². The zero-order chi connectivity index (χ0) is 11.2. The lowest BCUT2D eigenvalue weighted by atomic mass is 9.90. The summed E-state index contributed by atoms with van der Waals surface area (Å²) >= 11 is 3.19. The highest BCUT2D eigenvalue weighted by Crippen LogP contribution is 2.24. The van der Waals surface area contributed by atoms with Gasteiger partial charge < -0.3 is 4.74 Å². The minimum atomic E-state index is -2.56. The fraction of sp³-hybridized carbons (Fsp3) is 0.875. The van der Waals surface area contributed by atoms with Crippen LogP contribution in [0.2, 0.25) is 0 Å². The fourth-order valence-corrected chi connectivity index (χ4v) is 2.78. The van der Waals surface area contributed by atoms with Gasteiger partial charge in [-0.2, -0.15) is 0 Å². The number of carbonyl (C=O) groups excluding carboxylic acids is 1. The number of thiol groups is 1. The van der Waals surface area contributed by atoms with Gasteiger partial charge in [0, 0.05) is 5.33 Å². The second kappa shape index (κ2) is 6.40. The van der Waals surface area contributed by atoms with E-state index in [-0.39, 0.29) is 12.4 Å². The van der Waals surface area contributed by atoms with Crippen LogP contribution in [0.15, 0.2) is 0 Å². The second-order valence-electron chi connectivity index (χ2n) is 3.21. The van der Waals surface area contributed by atoms with Gasteiger partial charge in [0.1, 0.15) is 10.7 Å². The molecule has 0 aromatic rings. The Labute approximate surface area is 94.1 Å². The molecule has 0 aliphatic rings. The number of ether oxygens (including phenoxy) is 1. The molecule has 0 aliphatic carbocycles. The number of hydrogen-bond acceptors (Lipinski definition) is 4. The van der Waals surface area contributed by atoms with E-state index >= 15 is 0 Å². The molecule has 0 amide bonds. The van der Waals surface area contributed by atoms with Crippen LogP contribution in [0.4, 0.5) is 0 Å². The molecule has 0 spiro atoms. The van der Waals surface area contributed by atoms with E-state index in [0.29, 0.717) is 11.8 Å². The van der Waals surface area contributed by atoms with Crippen molar-refractivity contribution in [3.05, 3.63) is 0 Å². The molecule has 0 heterocycles. The summed E-state index contributed by atoms with van der Waals surface area (Å²) in [5, 5.41) is 0.575. The first-order chi connectivity index (χ1) is 6.46. The fourth-order valence-electron chi connectivity index (χ4n) is 1.04. The Morgan fingerprint density at radius 2 is 2.07 bits per heavy atom. The quantitative estimate of drug-likeness (QED) is 0.449. The molecule has 84 valence electrons. The van der Waals surface area contributed by atoms with E-state index in [9.17, 15) is 13.2 Å². The molecular weight excluding hydrogens is 272 g/mol. The molecule has 14 heavy (non-hydrogen) atoms. The number of alkyl halides is 1. The van der Waals surface area contributed by atoms with Crippen LogP contribution < -0.4 is 0 Å². The van der Waals surface area contributed by atoms with Gasteiger partial charge in [0.05, 0.1) is 17.8 Å². The van der Waals surface area contributed by atoms with Crippen molar-refractivity contribution in [1.29, 1.82) is 0 Å². The average Bonchev–Trinajstić information content (AvgIpc) is 2.03. The van der Waals surface area contributed by atoms with Crippen LogP contribution in [0.3, 0.4) is 0 Å². The van der Waals surface area contributed by atoms with E-state index in [2.05, 4.69) is 15.9 Å². The third-order valence-corrected chi connectivity index (χ3v) is 3.25. The molecule has 0 aromatic carbocycles. The lowest BCUT2D eigenvalue weighted by Crippen LogP contribution is -2.34. The van der Waals surface area contributed by atoms with Gasteiger partial charge in [-0.3, -0.25) is 4.79 Å². The minimum absolute atomic E-state index is 0.160. The first-order valence-electron chi connectivity index (χ1n) is 4.31. The van der Waals surface area contributed by atoms with Crippen LogP contribution in [0.5, 0.6) is 0 Å². The number of esters is 1. The maximum atomic E-state index is 11.5. The summed E-state index contributed by atoms with van der Waals surface area (Å²) in [7, 11) is -2.56. The third kappa shape index (κ3) is 4.41. The van der Waals surface area contributed by atoms with Gasteiger partial charge in [-0.1, -0.05) is 15.9 Å². The smallest absolute Gasteiger partial charge is 0.312 e. The Hall–Kier alpha value is -0.100. The highest BCUT2D eigenvalue weighted by Gasteiger charge is 2.34. The summed E-state index contributed by atoms with van der Waals surface area (Å²) < 4.78 is 26.1. The van der Waals surface area contributed by atoms with E-state index in [1.54, 1.807) is 13.8 Å². The van der Waals surface area contributed by atoms with Crippen molar-refractivity contribution in [2.75, 3.05) is 17.7 Å². The molecule has 1 unspecified atom stereocenters. The Balaban J connectivity index is 4.60. The Bertz CT molecular complexity index is 256. The number of hydrogen-bond donors (Lipinski definition) is 1. The lowest BCUT2D eigenvalue weighted by Gasteiger charge is -2.23. The highest BCUT2D eigenvalue weighted by atomic mass is 79.9. The summed E-state index contributed by atoms with van der Waals surface area (Å²) in [6, 6.07) is 0. The van der Waals surface area contributed by atoms with Crippen LogP contribution in [-0.4, -0.2) is 32.1 Å². The Morgan fingerprint density at radius 1 is 1.50 bits per heavy atom. The molecule has 0 fully saturated rings. The maximum absolute atomic E-state index is 11.5. The molecule has 0 saturated heterocycles. The first-order valence-corrected chi connectivity index (χ1v) is 6.79. The van der Waals surface area contributed by atoms with E-state index in [1.165, 1.54) is 0 Å². The van der Waals surface area contributed by atoms with Crippen molar-refractivity contribution in [1.82, 2.24) is 0 Å². The molecular formula is C8H15BrO4S. The monoisotopic (exact) mass is 286 g/mol.